The maximum atomic E-state index is 12.3. The minimum Gasteiger partial charge on any atom is -0.481 e. The van der Waals surface area contributed by atoms with E-state index in [1.54, 1.807) is 6.92 Å². The number of benzene rings is 2. The van der Waals surface area contributed by atoms with E-state index in [0.29, 0.717) is 5.75 Å². The van der Waals surface area contributed by atoms with Crippen molar-refractivity contribution in [2.45, 2.75) is 46.8 Å². The van der Waals surface area contributed by atoms with Crippen LogP contribution in [0.4, 0.5) is 0 Å². The van der Waals surface area contributed by atoms with Crippen molar-refractivity contribution in [3.05, 3.63) is 64.7 Å². The Morgan fingerprint density at radius 3 is 2.39 bits per heavy atom. The first kappa shape index (κ1) is 17.1. The van der Waals surface area contributed by atoms with Gasteiger partial charge in [0.1, 0.15) is 5.75 Å². The Morgan fingerprint density at radius 1 is 1.00 bits per heavy atom. The van der Waals surface area contributed by atoms with Gasteiger partial charge in [-0.3, -0.25) is 4.79 Å². The van der Waals surface area contributed by atoms with Gasteiger partial charge in [0.2, 0.25) is 0 Å². The molecule has 0 aliphatic heterocycles. The molecule has 3 nitrogen and oxygen atoms in total. The predicted molar refractivity (Wildman–Crippen MR) is 93.7 cm³/mol. The van der Waals surface area contributed by atoms with E-state index >= 15 is 0 Å². The van der Waals surface area contributed by atoms with Crippen LogP contribution in [0.3, 0.4) is 0 Å². The van der Waals surface area contributed by atoms with Crippen molar-refractivity contribution in [3.8, 4) is 5.75 Å². The fraction of sp³-hybridized carbons (Fsp3) is 0.350. The second-order valence-corrected chi connectivity index (χ2v) is 6.15. The van der Waals surface area contributed by atoms with Crippen molar-refractivity contribution < 1.29 is 9.53 Å². The number of carbonyl (C=O) groups is 1. The molecule has 23 heavy (non-hydrogen) atoms. The molecule has 0 radical (unpaired) electrons. The molecule has 2 rings (SSSR count). The zero-order chi connectivity index (χ0) is 17.0. The maximum Gasteiger partial charge on any atom is 0.261 e. The smallest absolute Gasteiger partial charge is 0.261 e. The van der Waals surface area contributed by atoms with Gasteiger partial charge in [0.25, 0.3) is 5.91 Å². The molecule has 0 aromatic heterocycles. The molecule has 0 aliphatic rings. The lowest BCUT2D eigenvalue weighted by molar-refractivity contribution is -0.127. The summed E-state index contributed by atoms with van der Waals surface area (Å²) in [6, 6.07) is 13.9. The molecule has 3 heteroatoms. The van der Waals surface area contributed by atoms with Crippen LogP contribution in [-0.2, 0) is 4.79 Å². The Bertz CT molecular complexity index is 694. The highest BCUT2D eigenvalue weighted by atomic mass is 16.5. The molecular weight excluding hydrogens is 286 g/mol. The van der Waals surface area contributed by atoms with E-state index in [4.69, 9.17) is 4.74 Å². The third kappa shape index (κ3) is 4.59. The fourth-order valence-electron chi connectivity index (χ4n) is 2.39. The van der Waals surface area contributed by atoms with E-state index < -0.39 is 6.10 Å². The number of nitrogens with one attached hydrogen (secondary N) is 1. The van der Waals surface area contributed by atoms with Crippen LogP contribution >= 0.6 is 0 Å². The van der Waals surface area contributed by atoms with Crippen molar-refractivity contribution in [3.63, 3.8) is 0 Å². The van der Waals surface area contributed by atoms with Gasteiger partial charge < -0.3 is 10.1 Å². The van der Waals surface area contributed by atoms with Crippen LogP contribution in [0, 0.1) is 20.8 Å². The van der Waals surface area contributed by atoms with Crippen LogP contribution in [0.25, 0.3) is 0 Å². The lowest BCUT2D eigenvalue weighted by Crippen LogP contribution is -2.37. The number of aryl methyl sites for hydroxylation is 3. The van der Waals surface area contributed by atoms with Gasteiger partial charge in [-0.2, -0.15) is 0 Å². The second-order valence-electron chi connectivity index (χ2n) is 6.15. The van der Waals surface area contributed by atoms with Crippen LogP contribution in [0.5, 0.6) is 5.75 Å². The summed E-state index contributed by atoms with van der Waals surface area (Å²) in [5, 5.41) is 3.01. The van der Waals surface area contributed by atoms with Gasteiger partial charge in [0.15, 0.2) is 6.10 Å². The summed E-state index contributed by atoms with van der Waals surface area (Å²) in [7, 11) is 0. The van der Waals surface area contributed by atoms with Crippen LogP contribution < -0.4 is 10.1 Å². The predicted octanol–water partition coefficient (Wildman–Crippen LogP) is 4.26. The average Bonchev–Trinajstić information content (AvgIpc) is 2.49. The lowest BCUT2D eigenvalue weighted by Gasteiger charge is -2.20. The van der Waals surface area contributed by atoms with Crippen LogP contribution in [-0.4, -0.2) is 12.0 Å². The zero-order valence-electron chi connectivity index (χ0n) is 14.5. The number of hydrogen-bond acceptors (Lipinski definition) is 2. The third-order valence-electron chi connectivity index (χ3n) is 4.06. The average molecular weight is 311 g/mol. The quantitative estimate of drug-likeness (QED) is 0.896. The molecule has 2 aromatic carbocycles. The largest absolute Gasteiger partial charge is 0.481 e. The van der Waals surface area contributed by atoms with Gasteiger partial charge in [0, 0.05) is 0 Å². The molecule has 0 unspecified atom stereocenters. The summed E-state index contributed by atoms with van der Waals surface area (Å²) < 4.78 is 5.72. The van der Waals surface area contributed by atoms with E-state index in [-0.39, 0.29) is 11.9 Å². The number of hydrogen-bond donors (Lipinski definition) is 1. The molecule has 0 aliphatic carbocycles. The maximum absolute atomic E-state index is 12.3. The van der Waals surface area contributed by atoms with Crippen LogP contribution in [0.15, 0.2) is 42.5 Å². The van der Waals surface area contributed by atoms with Gasteiger partial charge in [-0.15, -0.1) is 0 Å². The molecule has 2 aromatic rings. The molecule has 0 spiro atoms. The fourth-order valence-corrected chi connectivity index (χ4v) is 2.39. The van der Waals surface area contributed by atoms with Gasteiger partial charge in [-0.25, -0.2) is 0 Å². The van der Waals surface area contributed by atoms with Crippen molar-refractivity contribution in [2.75, 3.05) is 0 Å². The molecular formula is C20H25NO2. The summed E-state index contributed by atoms with van der Waals surface area (Å²) in [4.78, 5) is 12.3. The van der Waals surface area contributed by atoms with Crippen molar-refractivity contribution >= 4 is 5.91 Å². The van der Waals surface area contributed by atoms with Gasteiger partial charge in [-0.1, -0.05) is 30.3 Å². The van der Waals surface area contributed by atoms with Gasteiger partial charge >= 0.3 is 0 Å². The Morgan fingerprint density at radius 2 is 1.74 bits per heavy atom. The van der Waals surface area contributed by atoms with Crippen molar-refractivity contribution in [1.82, 2.24) is 5.32 Å². The Balaban J connectivity index is 1.98. The normalized spacial score (nSPS) is 13.3. The Kier molecular flexibility index (Phi) is 5.43. The third-order valence-corrected chi connectivity index (χ3v) is 4.06. The molecule has 122 valence electrons. The standard InChI is InChI=1S/C20H25NO2/c1-13-7-6-8-19(11-13)23-17(5)20(22)21-16(4)18-10-9-14(2)15(3)12-18/h6-12,16-17H,1-5H3,(H,21,22)/t16-,17-/m0/s1. The highest BCUT2D eigenvalue weighted by Gasteiger charge is 2.18. The summed E-state index contributed by atoms with van der Waals surface area (Å²) >= 11 is 0. The minimum atomic E-state index is -0.536. The van der Waals surface area contributed by atoms with E-state index in [0.717, 1.165) is 11.1 Å². The molecule has 0 heterocycles. The molecule has 1 N–H and O–H groups in total. The highest BCUT2D eigenvalue weighted by Crippen LogP contribution is 2.18. The van der Waals surface area contributed by atoms with Crippen molar-refractivity contribution in [2.24, 2.45) is 0 Å². The van der Waals surface area contributed by atoms with E-state index in [2.05, 4.69) is 37.4 Å². The Labute approximate surface area is 138 Å². The first-order valence-electron chi connectivity index (χ1n) is 7.97. The molecule has 2 atom stereocenters. The van der Waals surface area contributed by atoms with Gasteiger partial charge in [-0.05, 0) is 69.0 Å². The molecule has 1 amide bonds. The number of ether oxygens (including phenoxy) is 1. The zero-order valence-corrected chi connectivity index (χ0v) is 14.5. The Hall–Kier alpha value is -2.29. The van der Waals surface area contributed by atoms with Gasteiger partial charge in [0.05, 0.1) is 6.04 Å². The van der Waals surface area contributed by atoms with Crippen LogP contribution in [0.2, 0.25) is 0 Å². The molecule has 0 bridgehead atoms. The summed E-state index contributed by atoms with van der Waals surface area (Å²) in [6.07, 6.45) is -0.536. The molecule has 0 saturated heterocycles. The SMILES string of the molecule is Cc1cccc(O[C@@H](C)C(=O)N[C@@H](C)c2ccc(C)c(C)c2)c1. The number of amides is 1. The summed E-state index contributed by atoms with van der Waals surface area (Å²) in [6.45, 7) is 9.92. The highest BCUT2D eigenvalue weighted by molar-refractivity contribution is 5.81. The van der Waals surface area contributed by atoms with Crippen LogP contribution in [0.1, 0.15) is 42.1 Å². The molecule has 0 saturated carbocycles. The number of rotatable bonds is 5. The van der Waals surface area contributed by atoms with E-state index in [1.165, 1.54) is 11.1 Å². The van der Waals surface area contributed by atoms with Crippen molar-refractivity contribution in [1.29, 1.82) is 0 Å². The summed E-state index contributed by atoms with van der Waals surface area (Å²) in [5.41, 5.74) is 4.69. The van der Waals surface area contributed by atoms with E-state index in [9.17, 15) is 4.79 Å². The second kappa shape index (κ2) is 7.32. The van der Waals surface area contributed by atoms with E-state index in [1.807, 2.05) is 38.1 Å². The lowest BCUT2D eigenvalue weighted by atomic mass is 10.0. The monoisotopic (exact) mass is 311 g/mol. The number of carbonyl (C=O) groups excluding carboxylic acids is 1. The first-order valence-corrected chi connectivity index (χ1v) is 7.97. The minimum absolute atomic E-state index is 0.0506. The molecule has 0 fully saturated rings. The first-order chi connectivity index (χ1) is 10.9. The summed E-state index contributed by atoms with van der Waals surface area (Å²) in [5.74, 6) is 0.601. The topological polar surface area (TPSA) is 38.3 Å².